The molecule has 0 aliphatic carbocycles. The molecule has 0 N–H and O–H groups in total. The van der Waals surface area contributed by atoms with E-state index >= 15 is 0 Å². The number of nitrogens with zero attached hydrogens (tertiary/aromatic N) is 1. The van der Waals surface area contributed by atoms with Crippen LogP contribution in [0.2, 0.25) is 0 Å². The van der Waals surface area contributed by atoms with Crippen molar-refractivity contribution in [2.45, 2.75) is 39.7 Å². The van der Waals surface area contributed by atoms with Gasteiger partial charge in [-0.25, -0.2) is 9.36 Å². The summed E-state index contributed by atoms with van der Waals surface area (Å²) in [5, 5.41) is 0.768. The van der Waals surface area contributed by atoms with Crippen LogP contribution in [0.25, 0.3) is 10.9 Å². The Morgan fingerprint density at radius 2 is 1.58 bits per heavy atom. The number of benzene rings is 2. The number of rotatable bonds is 3. The molecule has 0 unspecified atom stereocenters. The zero-order valence-corrected chi connectivity index (χ0v) is 15.6. The first-order chi connectivity index (χ1) is 12.3. The first-order valence-corrected chi connectivity index (χ1v) is 8.79. The highest BCUT2D eigenvalue weighted by Gasteiger charge is 2.27. The second kappa shape index (κ2) is 6.79. The van der Waals surface area contributed by atoms with Crippen molar-refractivity contribution in [3.05, 3.63) is 71.4 Å². The van der Waals surface area contributed by atoms with Crippen molar-refractivity contribution < 1.29 is 14.3 Å². The molecule has 0 atom stereocenters. The molecule has 0 aliphatic rings. The van der Waals surface area contributed by atoms with Gasteiger partial charge in [-0.3, -0.25) is 4.79 Å². The molecule has 0 saturated carbocycles. The maximum Gasteiger partial charge on any atom is 0.419 e. The zero-order valence-electron chi connectivity index (χ0n) is 15.6. The molecule has 1 heterocycles. The molecule has 26 heavy (non-hydrogen) atoms. The van der Waals surface area contributed by atoms with Crippen LogP contribution in [-0.2, 0) is 11.2 Å². The first kappa shape index (κ1) is 17.9. The monoisotopic (exact) mass is 349 g/mol. The highest BCUT2D eigenvalue weighted by atomic mass is 16.6. The minimum Gasteiger partial charge on any atom is -0.443 e. The van der Waals surface area contributed by atoms with Gasteiger partial charge >= 0.3 is 6.09 Å². The minimum atomic E-state index is -0.614. The summed E-state index contributed by atoms with van der Waals surface area (Å²) >= 11 is 0. The smallest absolute Gasteiger partial charge is 0.419 e. The molecule has 1 aromatic heterocycles. The molecule has 0 saturated heterocycles. The van der Waals surface area contributed by atoms with Gasteiger partial charge in [-0.15, -0.1) is 0 Å². The number of carbonyl (C=O) groups excluding carboxylic acids is 2. The Balaban J connectivity index is 2.24. The van der Waals surface area contributed by atoms with Crippen molar-refractivity contribution in [3.8, 4) is 0 Å². The van der Waals surface area contributed by atoms with Crippen LogP contribution < -0.4 is 0 Å². The molecule has 0 fully saturated rings. The number of aromatic nitrogens is 1. The van der Waals surface area contributed by atoms with Gasteiger partial charge in [-0.05, 0) is 33.3 Å². The van der Waals surface area contributed by atoms with E-state index in [1.807, 2.05) is 70.2 Å². The lowest BCUT2D eigenvalue weighted by Gasteiger charge is -2.21. The fraction of sp³-hybridized carbons (Fsp3) is 0.273. The summed E-state index contributed by atoms with van der Waals surface area (Å²) in [5.74, 6) is -0.0824. The highest BCUT2D eigenvalue weighted by molar-refractivity contribution is 6.18. The molecule has 0 radical (unpaired) electrons. The van der Waals surface area contributed by atoms with Gasteiger partial charge in [-0.2, -0.15) is 0 Å². The summed E-state index contributed by atoms with van der Waals surface area (Å²) in [6, 6.07) is 16.6. The molecular formula is C22H23NO3. The summed E-state index contributed by atoms with van der Waals surface area (Å²) in [6.45, 7) is 7.44. The SMILES string of the molecule is CCc1c(C(=O)c2ccccc2)c2ccccc2n1C(=O)OC(C)(C)C. The maximum absolute atomic E-state index is 13.2. The standard InChI is InChI=1S/C22H23NO3/c1-5-17-19(20(24)15-11-7-6-8-12-15)16-13-9-10-14-18(16)23(17)21(25)26-22(2,3)4/h6-14H,5H2,1-4H3. The highest BCUT2D eigenvalue weighted by Crippen LogP contribution is 2.30. The molecule has 0 aliphatic heterocycles. The number of hydrogen-bond acceptors (Lipinski definition) is 3. The molecule has 3 aromatic rings. The average molecular weight is 349 g/mol. The quantitative estimate of drug-likeness (QED) is 0.609. The molecule has 134 valence electrons. The zero-order chi connectivity index (χ0) is 18.9. The molecule has 4 nitrogen and oxygen atoms in total. The number of para-hydroxylation sites is 1. The average Bonchev–Trinajstić information content (AvgIpc) is 2.94. The van der Waals surface area contributed by atoms with Crippen molar-refractivity contribution in [2.75, 3.05) is 0 Å². The molecule has 0 amide bonds. The van der Waals surface area contributed by atoms with Gasteiger partial charge in [-0.1, -0.05) is 55.5 Å². The molecule has 0 spiro atoms. The Morgan fingerprint density at radius 3 is 2.19 bits per heavy atom. The van der Waals surface area contributed by atoms with E-state index in [1.165, 1.54) is 4.57 Å². The summed E-state index contributed by atoms with van der Waals surface area (Å²) in [7, 11) is 0. The summed E-state index contributed by atoms with van der Waals surface area (Å²) in [5.41, 5.74) is 1.93. The topological polar surface area (TPSA) is 48.3 Å². The van der Waals surface area contributed by atoms with Crippen molar-refractivity contribution in [3.63, 3.8) is 0 Å². The largest absolute Gasteiger partial charge is 0.443 e. The molecule has 2 aromatic carbocycles. The van der Waals surface area contributed by atoms with Crippen LogP contribution >= 0.6 is 0 Å². The van der Waals surface area contributed by atoms with E-state index in [0.717, 1.165) is 5.39 Å². The van der Waals surface area contributed by atoms with Gasteiger partial charge in [0, 0.05) is 16.6 Å². The van der Waals surface area contributed by atoms with Crippen molar-refractivity contribution >= 4 is 22.8 Å². The Bertz CT molecular complexity index is 962. The number of ether oxygens (including phenoxy) is 1. The van der Waals surface area contributed by atoms with Gasteiger partial charge in [0.05, 0.1) is 11.1 Å². The van der Waals surface area contributed by atoms with Crippen LogP contribution in [0.5, 0.6) is 0 Å². The fourth-order valence-electron chi connectivity index (χ4n) is 3.13. The predicted molar refractivity (Wildman–Crippen MR) is 103 cm³/mol. The second-order valence-electron chi connectivity index (χ2n) is 7.20. The molecule has 4 heteroatoms. The maximum atomic E-state index is 13.2. The van der Waals surface area contributed by atoms with Gasteiger partial charge in [0.2, 0.25) is 0 Å². The lowest BCUT2D eigenvalue weighted by atomic mass is 9.99. The number of fused-ring (bicyclic) bond motifs is 1. The summed E-state index contributed by atoms with van der Waals surface area (Å²) in [4.78, 5) is 26.1. The third-order valence-electron chi connectivity index (χ3n) is 4.15. The molecular weight excluding hydrogens is 326 g/mol. The van der Waals surface area contributed by atoms with Gasteiger partial charge in [0.1, 0.15) is 5.60 Å². The van der Waals surface area contributed by atoms with Gasteiger partial charge in [0.25, 0.3) is 0 Å². The van der Waals surface area contributed by atoms with E-state index < -0.39 is 11.7 Å². The third kappa shape index (κ3) is 3.27. The van der Waals surface area contributed by atoms with Crippen molar-refractivity contribution in [2.24, 2.45) is 0 Å². The van der Waals surface area contributed by atoms with E-state index in [0.29, 0.717) is 28.8 Å². The minimum absolute atomic E-state index is 0.0824. The number of hydrogen-bond donors (Lipinski definition) is 0. The number of carbonyl (C=O) groups is 2. The summed E-state index contributed by atoms with van der Waals surface area (Å²) < 4.78 is 7.12. The van der Waals surface area contributed by atoms with E-state index in [4.69, 9.17) is 4.74 Å². The van der Waals surface area contributed by atoms with Crippen LogP contribution in [0.15, 0.2) is 54.6 Å². The van der Waals surface area contributed by atoms with Crippen LogP contribution in [0, 0.1) is 0 Å². The Morgan fingerprint density at radius 1 is 0.962 bits per heavy atom. The van der Waals surface area contributed by atoms with E-state index in [1.54, 1.807) is 12.1 Å². The van der Waals surface area contributed by atoms with Crippen molar-refractivity contribution in [1.29, 1.82) is 0 Å². The van der Waals surface area contributed by atoms with E-state index in [-0.39, 0.29) is 5.78 Å². The third-order valence-corrected chi connectivity index (χ3v) is 4.15. The Labute approximate surface area is 153 Å². The molecule has 3 rings (SSSR count). The first-order valence-electron chi connectivity index (χ1n) is 8.79. The second-order valence-corrected chi connectivity index (χ2v) is 7.20. The fourth-order valence-corrected chi connectivity index (χ4v) is 3.13. The number of ketones is 1. The Hall–Kier alpha value is -2.88. The lowest BCUT2D eigenvalue weighted by Crippen LogP contribution is -2.28. The molecule has 0 bridgehead atoms. The van der Waals surface area contributed by atoms with Crippen molar-refractivity contribution in [1.82, 2.24) is 4.57 Å². The van der Waals surface area contributed by atoms with Gasteiger partial charge in [0.15, 0.2) is 5.78 Å². The predicted octanol–water partition coefficient (Wildman–Crippen LogP) is 5.22. The summed E-state index contributed by atoms with van der Waals surface area (Å²) in [6.07, 6.45) is 0.0830. The van der Waals surface area contributed by atoms with E-state index in [9.17, 15) is 9.59 Å². The van der Waals surface area contributed by atoms with Crippen LogP contribution in [-0.4, -0.2) is 22.0 Å². The Kier molecular flexibility index (Phi) is 4.68. The lowest BCUT2D eigenvalue weighted by molar-refractivity contribution is 0.0540. The van der Waals surface area contributed by atoms with Crippen LogP contribution in [0.4, 0.5) is 4.79 Å². The van der Waals surface area contributed by atoms with E-state index in [2.05, 4.69) is 0 Å². The van der Waals surface area contributed by atoms with Crippen LogP contribution in [0.1, 0.15) is 49.3 Å². The van der Waals surface area contributed by atoms with Gasteiger partial charge < -0.3 is 4.74 Å². The normalized spacial score (nSPS) is 11.5. The van der Waals surface area contributed by atoms with Crippen LogP contribution in [0.3, 0.4) is 0 Å².